The van der Waals surface area contributed by atoms with Gasteiger partial charge in [0.2, 0.25) is 5.91 Å². The van der Waals surface area contributed by atoms with Crippen LogP contribution in [0.4, 0.5) is 0 Å². The largest absolute Gasteiger partial charge is 0.464 e. The first kappa shape index (κ1) is 11.7. The van der Waals surface area contributed by atoms with Crippen LogP contribution >= 0.6 is 0 Å². The SMILES string of the molecule is CC(=O)OCCNC(=O)C=C(C)C. The molecular weight excluding hydrogens is 170 g/mol. The first-order valence-electron chi connectivity index (χ1n) is 4.08. The molecule has 0 heterocycles. The number of amides is 1. The predicted octanol–water partition coefficient (Wildman–Crippen LogP) is 0.632. The third-order valence-corrected chi connectivity index (χ3v) is 1.13. The van der Waals surface area contributed by atoms with Crippen molar-refractivity contribution in [3.05, 3.63) is 11.6 Å². The monoisotopic (exact) mass is 185 g/mol. The van der Waals surface area contributed by atoms with Crippen molar-refractivity contribution < 1.29 is 14.3 Å². The van der Waals surface area contributed by atoms with Gasteiger partial charge >= 0.3 is 5.97 Å². The maximum absolute atomic E-state index is 11.0. The van der Waals surface area contributed by atoms with Crippen LogP contribution < -0.4 is 5.32 Å². The summed E-state index contributed by atoms with van der Waals surface area (Å²) < 4.78 is 4.62. The number of rotatable bonds is 4. The molecule has 0 aliphatic rings. The molecule has 13 heavy (non-hydrogen) atoms. The van der Waals surface area contributed by atoms with Crippen LogP contribution in [-0.4, -0.2) is 25.0 Å². The Balaban J connectivity index is 3.49. The third-order valence-electron chi connectivity index (χ3n) is 1.13. The quantitative estimate of drug-likeness (QED) is 0.397. The lowest BCUT2D eigenvalue weighted by Crippen LogP contribution is -2.26. The van der Waals surface area contributed by atoms with Gasteiger partial charge in [0.05, 0.1) is 6.54 Å². The standard InChI is InChI=1S/C9H15NO3/c1-7(2)6-9(12)10-4-5-13-8(3)11/h6H,4-5H2,1-3H3,(H,10,12). The summed E-state index contributed by atoms with van der Waals surface area (Å²) in [6.45, 7) is 5.58. The predicted molar refractivity (Wildman–Crippen MR) is 49.1 cm³/mol. The molecular formula is C9H15NO3. The maximum Gasteiger partial charge on any atom is 0.302 e. The summed E-state index contributed by atoms with van der Waals surface area (Å²) in [7, 11) is 0. The Morgan fingerprint density at radius 2 is 1.92 bits per heavy atom. The highest BCUT2D eigenvalue weighted by Gasteiger charge is 1.96. The van der Waals surface area contributed by atoms with Gasteiger partial charge in [-0.15, -0.1) is 0 Å². The van der Waals surface area contributed by atoms with Gasteiger partial charge in [0.25, 0.3) is 0 Å². The van der Waals surface area contributed by atoms with Gasteiger partial charge in [0.1, 0.15) is 6.61 Å². The molecule has 0 spiro atoms. The van der Waals surface area contributed by atoms with E-state index >= 15 is 0 Å². The van der Waals surface area contributed by atoms with E-state index < -0.39 is 0 Å². The van der Waals surface area contributed by atoms with Crippen molar-refractivity contribution in [1.82, 2.24) is 5.32 Å². The van der Waals surface area contributed by atoms with E-state index in [1.165, 1.54) is 13.0 Å². The highest BCUT2D eigenvalue weighted by Crippen LogP contribution is 1.86. The second kappa shape index (κ2) is 6.22. The summed E-state index contributed by atoms with van der Waals surface area (Å²) >= 11 is 0. The minimum Gasteiger partial charge on any atom is -0.464 e. The van der Waals surface area contributed by atoms with Crippen LogP contribution in [0, 0.1) is 0 Å². The summed E-state index contributed by atoms with van der Waals surface area (Å²) in [4.78, 5) is 21.3. The molecule has 4 nitrogen and oxygen atoms in total. The molecule has 0 saturated heterocycles. The molecule has 0 aromatic heterocycles. The maximum atomic E-state index is 11.0. The number of carbonyl (C=O) groups excluding carboxylic acids is 2. The van der Waals surface area contributed by atoms with Gasteiger partial charge in [-0.25, -0.2) is 0 Å². The first-order chi connectivity index (χ1) is 6.02. The molecule has 0 aliphatic carbocycles. The topological polar surface area (TPSA) is 55.4 Å². The van der Waals surface area contributed by atoms with Crippen molar-refractivity contribution in [2.24, 2.45) is 0 Å². The first-order valence-corrected chi connectivity index (χ1v) is 4.08. The average Bonchev–Trinajstić information content (AvgIpc) is 1.96. The van der Waals surface area contributed by atoms with Crippen molar-refractivity contribution >= 4 is 11.9 Å². The van der Waals surface area contributed by atoms with Crippen molar-refractivity contribution in [1.29, 1.82) is 0 Å². The van der Waals surface area contributed by atoms with Crippen LogP contribution in [0.25, 0.3) is 0 Å². The highest BCUT2D eigenvalue weighted by molar-refractivity contribution is 5.87. The van der Waals surface area contributed by atoms with Crippen molar-refractivity contribution in [2.75, 3.05) is 13.2 Å². The molecule has 74 valence electrons. The van der Waals surface area contributed by atoms with Gasteiger partial charge in [0, 0.05) is 13.0 Å². The molecule has 0 bridgehead atoms. The van der Waals surface area contributed by atoms with Crippen LogP contribution in [0.3, 0.4) is 0 Å². The molecule has 0 fully saturated rings. The average molecular weight is 185 g/mol. The van der Waals surface area contributed by atoms with Crippen LogP contribution in [0.2, 0.25) is 0 Å². The molecule has 1 N–H and O–H groups in total. The van der Waals surface area contributed by atoms with E-state index in [1.807, 2.05) is 13.8 Å². The van der Waals surface area contributed by atoms with Crippen molar-refractivity contribution in [2.45, 2.75) is 20.8 Å². The third kappa shape index (κ3) is 8.59. The van der Waals surface area contributed by atoms with E-state index in [-0.39, 0.29) is 18.5 Å². The number of hydrogen-bond donors (Lipinski definition) is 1. The summed E-state index contributed by atoms with van der Waals surface area (Å²) in [5, 5.41) is 2.58. The fourth-order valence-corrected chi connectivity index (χ4v) is 0.682. The van der Waals surface area contributed by atoms with E-state index in [0.29, 0.717) is 6.54 Å². The van der Waals surface area contributed by atoms with Gasteiger partial charge in [-0.2, -0.15) is 0 Å². The molecule has 0 unspecified atom stereocenters. The second-order valence-electron chi connectivity index (χ2n) is 2.85. The molecule has 1 amide bonds. The minimum atomic E-state index is -0.337. The Morgan fingerprint density at radius 3 is 2.38 bits per heavy atom. The van der Waals surface area contributed by atoms with Crippen LogP contribution in [-0.2, 0) is 14.3 Å². The van der Waals surface area contributed by atoms with Gasteiger partial charge < -0.3 is 10.1 Å². The van der Waals surface area contributed by atoms with Crippen molar-refractivity contribution in [3.63, 3.8) is 0 Å². The van der Waals surface area contributed by atoms with E-state index in [4.69, 9.17) is 0 Å². The van der Waals surface area contributed by atoms with Gasteiger partial charge in [-0.1, -0.05) is 5.57 Å². The minimum absolute atomic E-state index is 0.160. The Kier molecular flexibility index (Phi) is 5.59. The summed E-state index contributed by atoms with van der Waals surface area (Å²) in [5.74, 6) is -0.497. The number of nitrogens with one attached hydrogen (secondary N) is 1. The van der Waals surface area contributed by atoms with Gasteiger partial charge in [0.15, 0.2) is 0 Å². The Morgan fingerprint density at radius 1 is 1.31 bits per heavy atom. The molecule has 0 aromatic rings. The molecule has 0 aliphatic heterocycles. The fourth-order valence-electron chi connectivity index (χ4n) is 0.682. The van der Waals surface area contributed by atoms with Crippen LogP contribution in [0.5, 0.6) is 0 Å². The number of esters is 1. The number of allylic oxidation sites excluding steroid dienone is 1. The zero-order valence-corrected chi connectivity index (χ0v) is 8.22. The lowest BCUT2D eigenvalue weighted by atomic mass is 10.3. The summed E-state index contributed by atoms with van der Waals surface area (Å²) in [6.07, 6.45) is 1.49. The van der Waals surface area contributed by atoms with E-state index in [1.54, 1.807) is 0 Å². The number of ether oxygens (including phenoxy) is 1. The Bertz CT molecular complexity index is 217. The summed E-state index contributed by atoms with van der Waals surface area (Å²) in [6, 6.07) is 0. The van der Waals surface area contributed by atoms with Gasteiger partial charge in [-0.3, -0.25) is 9.59 Å². The van der Waals surface area contributed by atoms with E-state index in [0.717, 1.165) is 5.57 Å². The number of hydrogen-bond acceptors (Lipinski definition) is 3. The van der Waals surface area contributed by atoms with Crippen LogP contribution in [0.1, 0.15) is 20.8 Å². The highest BCUT2D eigenvalue weighted by atomic mass is 16.5. The zero-order valence-electron chi connectivity index (χ0n) is 8.22. The smallest absolute Gasteiger partial charge is 0.302 e. The van der Waals surface area contributed by atoms with Crippen LogP contribution in [0.15, 0.2) is 11.6 Å². The van der Waals surface area contributed by atoms with E-state index in [9.17, 15) is 9.59 Å². The van der Waals surface area contributed by atoms with E-state index in [2.05, 4.69) is 10.1 Å². The number of carbonyl (C=O) groups is 2. The molecule has 0 saturated carbocycles. The molecule has 0 aromatic carbocycles. The molecule has 0 rings (SSSR count). The molecule has 0 atom stereocenters. The molecule has 4 heteroatoms. The summed E-state index contributed by atoms with van der Waals surface area (Å²) in [5.41, 5.74) is 0.935. The van der Waals surface area contributed by atoms with Crippen molar-refractivity contribution in [3.8, 4) is 0 Å². The normalized spacial score (nSPS) is 8.85. The Hall–Kier alpha value is -1.32. The lowest BCUT2D eigenvalue weighted by Gasteiger charge is -2.02. The lowest BCUT2D eigenvalue weighted by molar-refractivity contribution is -0.141. The second-order valence-corrected chi connectivity index (χ2v) is 2.85. The van der Waals surface area contributed by atoms with Gasteiger partial charge in [-0.05, 0) is 13.8 Å². The zero-order chi connectivity index (χ0) is 10.3. The fraction of sp³-hybridized carbons (Fsp3) is 0.556. The molecule has 0 radical (unpaired) electrons. The Labute approximate surface area is 78.0 Å².